The summed E-state index contributed by atoms with van der Waals surface area (Å²) in [5.74, 6) is -7.17. The van der Waals surface area contributed by atoms with Crippen molar-refractivity contribution in [3.8, 4) is 0 Å². The van der Waals surface area contributed by atoms with Gasteiger partial charge in [0, 0.05) is 20.8 Å². The predicted octanol–water partition coefficient (Wildman–Crippen LogP) is -5.27. The maximum atomic E-state index is 16.4. The highest BCUT2D eigenvalue weighted by molar-refractivity contribution is 5.80. The zero-order valence-corrected chi connectivity index (χ0v) is 66.3. The number of rotatable bonds is 21. The van der Waals surface area contributed by atoms with Crippen molar-refractivity contribution in [2.24, 2.45) is 50.2 Å². The van der Waals surface area contributed by atoms with Crippen LogP contribution >= 0.6 is 0 Å². The zero-order valence-electron chi connectivity index (χ0n) is 66.3. The molecule has 7 aliphatic heterocycles. The van der Waals surface area contributed by atoms with Crippen LogP contribution in [0.1, 0.15) is 134 Å². The molecule has 0 bridgehead atoms. The number of carbonyl (C=O) groups is 6. The van der Waals surface area contributed by atoms with Crippen molar-refractivity contribution in [2.45, 2.75) is 349 Å². The van der Waals surface area contributed by atoms with Gasteiger partial charge >= 0.3 is 29.8 Å². The molecule has 0 aromatic rings. The smallest absolute Gasteiger partial charge is 0.335 e. The van der Waals surface area contributed by atoms with Crippen LogP contribution in [0.3, 0.4) is 0 Å². The van der Waals surface area contributed by atoms with Crippen LogP contribution in [0.25, 0.3) is 0 Å². The van der Waals surface area contributed by atoms with Gasteiger partial charge < -0.3 is 172 Å². The van der Waals surface area contributed by atoms with E-state index in [4.69, 9.17) is 80.5 Å². The molecule has 4 saturated carbocycles. The number of aliphatic hydroxyl groups excluding tert-OH is 16. The quantitative estimate of drug-likeness (QED) is 0.0168. The van der Waals surface area contributed by atoms with Gasteiger partial charge in [0.15, 0.2) is 62.2 Å². The Kier molecular flexibility index (Phi) is 27.2. The van der Waals surface area contributed by atoms with E-state index in [1.54, 1.807) is 6.92 Å². The van der Waals surface area contributed by atoms with Crippen molar-refractivity contribution in [1.29, 1.82) is 0 Å². The van der Waals surface area contributed by atoms with E-state index < -0.39 is 316 Å². The van der Waals surface area contributed by atoms with Crippen LogP contribution in [0.2, 0.25) is 0 Å². The van der Waals surface area contributed by atoms with Crippen LogP contribution in [0.5, 0.6) is 0 Å². The van der Waals surface area contributed by atoms with Gasteiger partial charge in [0.05, 0.1) is 49.7 Å². The van der Waals surface area contributed by atoms with Gasteiger partial charge in [-0.15, -0.1) is 0 Å². The third-order valence-electron chi connectivity index (χ3n) is 27.7. The summed E-state index contributed by atoms with van der Waals surface area (Å²) < 4.78 is 103. The van der Waals surface area contributed by atoms with Crippen LogP contribution < -0.4 is 0 Å². The maximum absolute atomic E-state index is 16.4. The Labute approximate surface area is 667 Å². The number of ether oxygens (including phenoxy) is 17. The third-order valence-corrected chi connectivity index (χ3v) is 27.7. The van der Waals surface area contributed by atoms with Gasteiger partial charge in [-0.3, -0.25) is 19.2 Å². The highest BCUT2D eigenvalue weighted by atomic mass is 16.8. The molecule has 12 rings (SSSR count). The molecule has 0 spiro atoms. The summed E-state index contributed by atoms with van der Waals surface area (Å²) in [6.45, 7) is 15.1. The molecule has 660 valence electrons. The van der Waals surface area contributed by atoms with Crippen molar-refractivity contribution in [1.82, 2.24) is 0 Å². The molecule has 40 nitrogen and oxygen atoms in total. The fourth-order valence-corrected chi connectivity index (χ4v) is 21.1. The summed E-state index contributed by atoms with van der Waals surface area (Å²) in [7, 11) is 0. The van der Waals surface area contributed by atoms with E-state index in [-0.39, 0.29) is 25.2 Å². The summed E-state index contributed by atoms with van der Waals surface area (Å²) in [5.41, 5.74) is -5.48. The predicted molar refractivity (Wildman–Crippen MR) is 377 cm³/mol. The monoisotopic (exact) mass is 1670 g/mol. The number of hydrogen-bond acceptors (Lipinski definition) is 39. The number of aliphatic carboxylic acids is 1. The zero-order chi connectivity index (χ0) is 85.0. The first-order chi connectivity index (χ1) is 54.3. The first kappa shape index (κ1) is 90.8. The van der Waals surface area contributed by atoms with Gasteiger partial charge in [-0.05, 0) is 111 Å². The lowest BCUT2D eigenvalue weighted by Gasteiger charge is -2.71. The molecule has 0 aromatic heterocycles. The van der Waals surface area contributed by atoms with E-state index in [1.807, 2.05) is 13.8 Å². The van der Waals surface area contributed by atoms with Crippen LogP contribution in [-0.4, -0.2) is 364 Å². The standard InChI is InChI=1S/C76H116O40/c1-27-54(110-63-48(91)42(85)34(82)23-101-63)46(89)51(94)65(103-27)115-61-59(113-67-52(95)47(90)56(106-31(5)81)37(108-67)25-100-29(3)79)55(105-30(4)80)28(2)104-68(61)116-70(99)76-19-18-71(6,7)20-33(76)32-12-13-39-72(8)16-15-41(73(9,26-78)38(72)14-17-74(39,10)75(32,11)21-40(76)84)109-69-60(114-66-50(93)45(88)44(87)36(22-77)107-66)57(53(96)58(112-69)62(97)98)111-64-49(92)43(86)35(83)24-102-64/h12,26-28,33-61,63-69,77,82-96H,13-25H2,1-11H3,(H,97,98)/t27-,28+,33-,34+,35+,36+,37+,38?,39+,40+,41-,42-,43-,44-,45-,46-,47+,48+,49+,50+,51+,52+,53-,54-,55-,56+,57-,58-,59-,60+,61+,63-,64-,65-,66-,67-,68-,69+,72-,73-,74+,75+,76+/m0/s1. The van der Waals surface area contributed by atoms with Crippen molar-refractivity contribution < 1.29 is 196 Å². The van der Waals surface area contributed by atoms with E-state index in [1.165, 1.54) is 13.8 Å². The highest BCUT2D eigenvalue weighted by Gasteiger charge is 2.74. The van der Waals surface area contributed by atoms with Gasteiger partial charge in [0.25, 0.3) is 0 Å². The normalized spacial score (nSPS) is 51.4. The highest BCUT2D eigenvalue weighted by Crippen LogP contribution is 2.76. The minimum atomic E-state index is -2.25. The fraction of sp³-hybridized carbons (Fsp3) is 0.895. The number of aldehydes is 1. The molecule has 17 N–H and O–H groups in total. The number of carboxylic acid groups (broad SMARTS) is 1. The van der Waals surface area contributed by atoms with Crippen LogP contribution in [0.4, 0.5) is 0 Å². The van der Waals surface area contributed by atoms with Gasteiger partial charge in [-0.1, -0.05) is 53.2 Å². The van der Waals surface area contributed by atoms with Crippen molar-refractivity contribution in [3.63, 3.8) is 0 Å². The van der Waals surface area contributed by atoms with Crippen molar-refractivity contribution in [3.05, 3.63) is 11.6 Å². The number of hydrogen-bond donors (Lipinski definition) is 17. The molecule has 43 atom stereocenters. The summed E-state index contributed by atoms with van der Waals surface area (Å²) in [6.07, 6.45) is -60.0. The Hall–Kier alpha value is -4.40. The Morgan fingerprint density at radius 1 is 0.483 bits per heavy atom. The second-order valence-electron chi connectivity index (χ2n) is 35.4. The lowest BCUT2D eigenvalue weighted by molar-refractivity contribution is -0.392. The Balaban J connectivity index is 0.861. The summed E-state index contributed by atoms with van der Waals surface area (Å²) >= 11 is 0. The number of carboxylic acids is 1. The summed E-state index contributed by atoms with van der Waals surface area (Å²) in [6, 6.07) is 0. The topological polar surface area (TPSA) is 603 Å². The van der Waals surface area contributed by atoms with Gasteiger partial charge in [-0.2, -0.15) is 0 Å². The molecule has 0 amide bonds. The molecule has 116 heavy (non-hydrogen) atoms. The van der Waals surface area contributed by atoms with Crippen molar-refractivity contribution in [2.75, 3.05) is 26.4 Å². The van der Waals surface area contributed by atoms with Crippen LogP contribution in [-0.2, 0) is 109 Å². The second-order valence-corrected chi connectivity index (χ2v) is 35.4. The van der Waals surface area contributed by atoms with Crippen molar-refractivity contribution >= 4 is 36.1 Å². The minimum Gasteiger partial charge on any atom is -0.479 e. The molecule has 12 aliphatic rings. The number of allylic oxidation sites excluding steroid dienone is 2. The Morgan fingerprint density at radius 3 is 1.58 bits per heavy atom. The van der Waals surface area contributed by atoms with Gasteiger partial charge in [0.2, 0.25) is 6.29 Å². The number of carbonyl (C=O) groups excluding carboxylic acids is 5. The number of fused-ring (bicyclic) bond motifs is 7. The SMILES string of the molecule is CC(=O)OC[C@H]1O[C@@H](O[C@H]2[C@@H](OC(C)=O)[C@@H](C)O[C@@H](OC(=O)[C@]34CCC(C)(C)C[C@H]3C3=CC[C@@H]5[C@@]6(C)CC[C@H](O[C@@H]7O[C@H](C(=O)O)[C@@H](O)[C@H](O[C@@H]8OC[C@@H](O)[C@H](O)[C@H]8O)[C@H]7O[C@@H]7O[C@H](CO)[C@H](O)[C@H](O)[C@H]7O)[C@@](C)(C=O)C6CC[C@@]5(C)[C@]3(C)C[C@H]4O)[C@@H]2O[C@@H]2O[C@@H](C)[C@H](O[C@@H]3OC[C@@H](O)[C@H](O)[C@H]3O)[C@@H](O)[C@H]2O)[C@H](O)[C@@H](O)[C@@H]1OC(C)=O. The molecule has 5 aliphatic carbocycles. The first-order valence-corrected chi connectivity index (χ1v) is 39.7. The second kappa shape index (κ2) is 34.7. The Bertz CT molecular complexity index is 3520. The number of esters is 4. The first-order valence-electron chi connectivity index (χ1n) is 39.7. The van der Waals surface area contributed by atoms with E-state index >= 15 is 4.79 Å². The molecular formula is C76H116O40. The van der Waals surface area contributed by atoms with Gasteiger partial charge in [0.1, 0.15) is 140 Å². The fourth-order valence-electron chi connectivity index (χ4n) is 21.1. The molecule has 1 unspecified atom stereocenters. The van der Waals surface area contributed by atoms with Crippen LogP contribution in [0, 0.1) is 50.2 Å². The van der Waals surface area contributed by atoms with E-state index in [0.29, 0.717) is 38.5 Å². The third kappa shape index (κ3) is 16.4. The van der Waals surface area contributed by atoms with E-state index in [0.717, 1.165) is 32.6 Å². The number of aliphatic hydroxyl groups is 16. The molecule has 7 saturated heterocycles. The van der Waals surface area contributed by atoms with E-state index in [2.05, 4.69) is 26.8 Å². The lowest BCUT2D eigenvalue weighted by Crippen LogP contribution is -2.70. The average molecular weight is 1670 g/mol. The minimum absolute atomic E-state index is 0.0147. The summed E-state index contributed by atoms with van der Waals surface area (Å²) in [5, 5.41) is 190. The van der Waals surface area contributed by atoms with Gasteiger partial charge in [-0.25, -0.2) is 4.79 Å². The molecule has 40 heteroatoms. The Morgan fingerprint density at radius 2 is 1.00 bits per heavy atom. The molecule has 7 heterocycles. The largest absolute Gasteiger partial charge is 0.479 e. The maximum Gasteiger partial charge on any atom is 0.335 e. The van der Waals surface area contributed by atoms with E-state index in [9.17, 15) is 111 Å². The van der Waals surface area contributed by atoms with Crippen LogP contribution in [0.15, 0.2) is 11.6 Å². The summed E-state index contributed by atoms with van der Waals surface area (Å²) in [4.78, 5) is 81.8. The molecule has 0 aromatic carbocycles. The molecule has 0 radical (unpaired) electrons. The molecular weight excluding hydrogens is 1550 g/mol. The average Bonchev–Trinajstić information content (AvgIpc) is 0.669. The lowest BCUT2D eigenvalue weighted by atomic mass is 9.33. The molecule has 11 fully saturated rings.